The summed E-state index contributed by atoms with van der Waals surface area (Å²) in [5, 5.41) is 7.41. The maximum atomic E-state index is 4.68. The van der Waals surface area contributed by atoms with E-state index in [0.717, 1.165) is 22.4 Å². The van der Waals surface area contributed by atoms with Gasteiger partial charge in [-0.2, -0.15) is 11.3 Å². The zero-order chi connectivity index (χ0) is 14.7. The fourth-order valence-corrected chi connectivity index (χ4v) is 2.72. The van der Waals surface area contributed by atoms with Crippen LogP contribution in [0.5, 0.6) is 0 Å². The average molecular weight is 296 g/mol. The van der Waals surface area contributed by atoms with Crippen molar-refractivity contribution in [2.45, 2.75) is 19.9 Å². The SMILES string of the molecule is CC(C)Nc1ncc(-c2ccsc2)c(-c2cccnc2)n1. The molecule has 0 aliphatic heterocycles. The number of hydrogen-bond acceptors (Lipinski definition) is 5. The first-order chi connectivity index (χ1) is 10.2. The van der Waals surface area contributed by atoms with Crippen LogP contribution < -0.4 is 5.32 Å². The molecular formula is C16H16N4S. The minimum atomic E-state index is 0.291. The van der Waals surface area contributed by atoms with Crippen LogP contribution in [0.1, 0.15) is 13.8 Å². The lowest BCUT2D eigenvalue weighted by atomic mass is 10.0. The molecule has 0 fully saturated rings. The fourth-order valence-electron chi connectivity index (χ4n) is 2.06. The van der Waals surface area contributed by atoms with Gasteiger partial charge in [-0.15, -0.1) is 0 Å². The highest BCUT2D eigenvalue weighted by atomic mass is 32.1. The third-order valence-corrected chi connectivity index (χ3v) is 3.66. The van der Waals surface area contributed by atoms with E-state index >= 15 is 0 Å². The van der Waals surface area contributed by atoms with E-state index in [1.807, 2.05) is 24.5 Å². The van der Waals surface area contributed by atoms with Gasteiger partial charge in [-0.3, -0.25) is 4.98 Å². The highest BCUT2D eigenvalue weighted by Crippen LogP contribution is 2.31. The highest BCUT2D eigenvalue weighted by Gasteiger charge is 2.12. The zero-order valence-corrected chi connectivity index (χ0v) is 12.8. The normalized spacial score (nSPS) is 10.8. The lowest BCUT2D eigenvalue weighted by Crippen LogP contribution is -2.13. The summed E-state index contributed by atoms with van der Waals surface area (Å²) in [7, 11) is 0. The lowest BCUT2D eigenvalue weighted by molar-refractivity contribution is 0.875. The van der Waals surface area contributed by atoms with Crippen molar-refractivity contribution >= 4 is 17.3 Å². The Morgan fingerprint density at radius 1 is 1.14 bits per heavy atom. The maximum absolute atomic E-state index is 4.68. The Bertz CT molecular complexity index is 708. The molecule has 0 unspecified atom stereocenters. The van der Waals surface area contributed by atoms with Crippen LogP contribution in [0.3, 0.4) is 0 Å². The third kappa shape index (κ3) is 3.08. The highest BCUT2D eigenvalue weighted by molar-refractivity contribution is 7.08. The van der Waals surface area contributed by atoms with Crippen LogP contribution in [-0.4, -0.2) is 21.0 Å². The number of anilines is 1. The second-order valence-corrected chi connectivity index (χ2v) is 5.79. The van der Waals surface area contributed by atoms with E-state index in [2.05, 4.69) is 50.9 Å². The van der Waals surface area contributed by atoms with Gasteiger partial charge in [0.25, 0.3) is 0 Å². The summed E-state index contributed by atoms with van der Waals surface area (Å²) in [6.07, 6.45) is 5.47. The second kappa shape index (κ2) is 6.01. The molecule has 3 aromatic heterocycles. The topological polar surface area (TPSA) is 50.7 Å². The van der Waals surface area contributed by atoms with Crippen LogP contribution in [0.15, 0.2) is 47.5 Å². The largest absolute Gasteiger partial charge is 0.352 e. The summed E-state index contributed by atoms with van der Waals surface area (Å²) in [5.41, 5.74) is 4.06. The molecule has 0 saturated heterocycles. The summed E-state index contributed by atoms with van der Waals surface area (Å²) in [6.45, 7) is 4.14. The van der Waals surface area contributed by atoms with Crippen molar-refractivity contribution in [3.05, 3.63) is 47.5 Å². The first-order valence-electron chi connectivity index (χ1n) is 6.80. The number of rotatable bonds is 4. The van der Waals surface area contributed by atoms with Crippen LogP contribution in [0.2, 0.25) is 0 Å². The third-order valence-electron chi connectivity index (χ3n) is 2.97. The Labute approximate surface area is 127 Å². The molecule has 0 aliphatic carbocycles. The number of nitrogens with one attached hydrogen (secondary N) is 1. The minimum Gasteiger partial charge on any atom is -0.352 e. The van der Waals surface area contributed by atoms with Gasteiger partial charge in [0.1, 0.15) is 0 Å². The van der Waals surface area contributed by atoms with Gasteiger partial charge in [-0.25, -0.2) is 9.97 Å². The minimum absolute atomic E-state index is 0.291. The van der Waals surface area contributed by atoms with Crippen LogP contribution in [0, 0.1) is 0 Å². The predicted molar refractivity (Wildman–Crippen MR) is 87.3 cm³/mol. The molecule has 0 atom stereocenters. The molecule has 106 valence electrons. The van der Waals surface area contributed by atoms with E-state index in [-0.39, 0.29) is 0 Å². The van der Waals surface area contributed by atoms with Gasteiger partial charge in [-0.05, 0) is 48.4 Å². The summed E-state index contributed by atoms with van der Waals surface area (Å²) >= 11 is 1.67. The van der Waals surface area contributed by atoms with Crippen LogP contribution in [-0.2, 0) is 0 Å². The van der Waals surface area contributed by atoms with E-state index in [4.69, 9.17) is 0 Å². The van der Waals surface area contributed by atoms with Crippen molar-refractivity contribution < 1.29 is 0 Å². The monoisotopic (exact) mass is 296 g/mol. The Hall–Kier alpha value is -2.27. The molecule has 0 saturated carbocycles. The second-order valence-electron chi connectivity index (χ2n) is 5.01. The molecule has 0 aliphatic rings. The van der Waals surface area contributed by atoms with Gasteiger partial charge < -0.3 is 5.32 Å². The Kier molecular flexibility index (Phi) is 3.92. The molecular weight excluding hydrogens is 280 g/mol. The Balaban J connectivity index is 2.12. The summed E-state index contributed by atoms with van der Waals surface area (Å²) in [5.74, 6) is 0.642. The van der Waals surface area contributed by atoms with Gasteiger partial charge >= 0.3 is 0 Å². The van der Waals surface area contributed by atoms with Gasteiger partial charge in [0.15, 0.2) is 0 Å². The number of nitrogens with zero attached hydrogens (tertiary/aromatic N) is 3. The fraction of sp³-hybridized carbons (Fsp3) is 0.188. The van der Waals surface area contributed by atoms with Crippen molar-refractivity contribution in [1.82, 2.24) is 15.0 Å². The number of thiophene rings is 1. The van der Waals surface area contributed by atoms with E-state index in [0.29, 0.717) is 12.0 Å². The molecule has 3 rings (SSSR count). The molecule has 0 radical (unpaired) electrons. The number of hydrogen-bond donors (Lipinski definition) is 1. The number of pyridine rings is 1. The van der Waals surface area contributed by atoms with E-state index in [1.165, 1.54) is 0 Å². The molecule has 21 heavy (non-hydrogen) atoms. The van der Waals surface area contributed by atoms with Gasteiger partial charge in [0, 0.05) is 35.8 Å². The Morgan fingerprint density at radius 2 is 2.05 bits per heavy atom. The Morgan fingerprint density at radius 3 is 2.71 bits per heavy atom. The smallest absolute Gasteiger partial charge is 0.223 e. The summed E-state index contributed by atoms with van der Waals surface area (Å²) in [4.78, 5) is 13.3. The van der Waals surface area contributed by atoms with Gasteiger partial charge in [-0.1, -0.05) is 0 Å². The van der Waals surface area contributed by atoms with E-state index < -0.39 is 0 Å². The molecule has 3 aromatic rings. The van der Waals surface area contributed by atoms with Crippen molar-refractivity contribution in [3.8, 4) is 22.4 Å². The molecule has 0 bridgehead atoms. The van der Waals surface area contributed by atoms with Gasteiger partial charge in [0.2, 0.25) is 5.95 Å². The molecule has 1 N–H and O–H groups in total. The molecule has 0 aromatic carbocycles. The zero-order valence-electron chi connectivity index (χ0n) is 11.9. The van der Waals surface area contributed by atoms with Crippen molar-refractivity contribution in [1.29, 1.82) is 0 Å². The standard InChI is InChI=1S/C16H16N4S/c1-11(2)19-16-18-9-14(13-5-7-21-10-13)15(20-16)12-4-3-6-17-8-12/h3-11H,1-2H3,(H,18,19,20). The van der Waals surface area contributed by atoms with Crippen molar-refractivity contribution in [2.75, 3.05) is 5.32 Å². The van der Waals surface area contributed by atoms with Crippen LogP contribution in [0.4, 0.5) is 5.95 Å². The van der Waals surface area contributed by atoms with Crippen LogP contribution in [0.25, 0.3) is 22.4 Å². The maximum Gasteiger partial charge on any atom is 0.223 e. The first-order valence-corrected chi connectivity index (χ1v) is 7.75. The summed E-state index contributed by atoms with van der Waals surface area (Å²) < 4.78 is 0. The summed E-state index contributed by atoms with van der Waals surface area (Å²) in [6, 6.07) is 6.31. The molecule has 4 nitrogen and oxygen atoms in total. The van der Waals surface area contributed by atoms with Crippen molar-refractivity contribution in [2.24, 2.45) is 0 Å². The molecule has 0 amide bonds. The van der Waals surface area contributed by atoms with Gasteiger partial charge in [0.05, 0.1) is 5.69 Å². The van der Waals surface area contributed by atoms with Crippen molar-refractivity contribution in [3.63, 3.8) is 0 Å². The van der Waals surface area contributed by atoms with E-state index in [9.17, 15) is 0 Å². The lowest BCUT2D eigenvalue weighted by Gasteiger charge is -2.12. The average Bonchev–Trinajstić information content (AvgIpc) is 3.01. The van der Waals surface area contributed by atoms with Crippen LogP contribution >= 0.6 is 11.3 Å². The van der Waals surface area contributed by atoms with E-state index in [1.54, 1.807) is 17.5 Å². The quantitative estimate of drug-likeness (QED) is 0.788. The number of aromatic nitrogens is 3. The first kappa shape index (κ1) is 13.7. The molecule has 0 spiro atoms. The molecule has 5 heteroatoms. The molecule has 3 heterocycles. The predicted octanol–water partition coefficient (Wildman–Crippen LogP) is 4.09.